The second-order valence-corrected chi connectivity index (χ2v) is 5.08. The molecule has 0 radical (unpaired) electrons. The van der Waals surface area contributed by atoms with Crippen molar-refractivity contribution in [1.82, 2.24) is 19.9 Å². The van der Waals surface area contributed by atoms with Crippen molar-refractivity contribution < 1.29 is 4.74 Å². The van der Waals surface area contributed by atoms with Crippen LogP contribution in [0.5, 0.6) is 6.01 Å². The summed E-state index contributed by atoms with van der Waals surface area (Å²) in [6.07, 6.45) is 0.879. The normalized spacial score (nSPS) is 10.5. The van der Waals surface area contributed by atoms with Gasteiger partial charge in [-0.3, -0.25) is 0 Å². The number of hydrogen-bond donors (Lipinski definition) is 1. The first-order valence-corrected chi connectivity index (χ1v) is 7.12. The van der Waals surface area contributed by atoms with E-state index in [0.717, 1.165) is 17.1 Å². The molecule has 0 aliphatic heterocycles. The number of halogens is 1. The molecule has 2 heterocycles. The van der Waals surface area contributed by atoms with Gasteiger partial charge in [-0.15, -0.1) is 11.3 Å². The average molecular weight is 300 g/mol. The quantitative estimate of drug-likeness (QED) is 0.884. The molecule has 0 aromatic carbocycles. The summed E-state index contributed by atoms with van der Waals surface area (Å²) in [7, 11) is 0. The van der Waals surface area contributed by atoms with Crippen LogP contribution < -0.4 is 10.1 Å². The number of ether oxygens (including phenoxy) is 1. The zero-order valence-electron chi connectivity index (χ0n) is 10.7. The van der Waals surface area contributed by atoms with Gasteiger partial charge < -0.3 is 10.1 Å². The van der Waals surface area contributed by atoms with Crippen molar-refractivity contribution in [3.8, 4) is 6.01 Å². The van der Waals surface area contributed by atoms with Crippen LogP contribution in [-0.2, 0) is 6.54 Å². The number of hydrogen-bond acceptors (Lipinski definition) is 7. The molecule has 0 amide bonds. The molecule has 0 unspecified atom stereocenters. The van der Waals surface area contributed by atoms with Gasteiger partial charge in [0, 0.05) is 11.1 Å². The summed E-state index contributed by atoms with van der Waals surface area (Å²) in [6, 6.07) is 0.236. The highest BCUT2D eigenvalue weighted by Gasteiger charge is 2.06. The number of nitrogens with one attached hydrogen (secondary N) is 1. The topological polar surface area (TPSA) is 72.8 Å². The van der Waals surface area contributed by atoms with E-state index in [2.05, 4.69) is 25.3 Å². The van der Waals surface area contributed by atoms with Crippen molar-refractivity contribution in [2.75, 3.05) is 11.9 Å². The summed E-state index contributed by atoms with van der Waals surface area (Å²) in [4.78, 5) is 16.4. The first-order valence-electron chi connectivity index (χ1n) is 5.86. The Hall–Kier alpha value is -1.47. The first kappa shape index (κ1) is 14.0. The molecule has 0 fully saturated rings. The molecular weight excluding hydrogens is 286 g/mol. The summed E-state index contributed by atoms with van der Waals surface area (Å²) >= 11 is 7.40. The molecule has 102 valence electrons. The molecule has 0 aliphatic rings. The zero-order chi connectivity index (χ0) is 13.7. The number of anilines is 1. The smallest absolute Gasteiger partial charge is 0.322 e. The summed E-state index contributed by atoms with van der Waals surface area (Å²) in [5.41, 5.74) is 1.00. The van der Waals surface area contributed by atoms with Gasteiger partial charge in [-0.25, -0.2) is 4.98 Å². The molecule has 0 atom stereocenters. The standard InChI is InChI=1S/C11H14ClN5OS/c1-3-4-18-11-16-9(12)15-10(17-11)13-5-8-14-7(2)6-19-8/h6H,3-5H2,1-2H3,(H,13,15,16,17). The van der Waals surface area contributed by atoms with Crippen LogP contribution in [0.25, 0.3) is 0 Å². The van der Waals surface area contributed by atoms with Crippen LogP contribution in [-0.4, -0.2) is 26.5 Å². The molecule has 0 aliphatic carbocycles. The Bertz CT molecular complexity index is 548. The highest BCUT2D eigenvalue weighted by atomic mass is 35.5. The molecule has 0 saturated heterocycles. The van der Waals surface area contributed by atoms with Crippen LogP contribution in [0.3, 0.4) is 0 Å². The Morgan fingerprint density at radius 1 is 1.32 bits per heavy atom. The van der Waals surface area contributed by atoms with Crippen molar-refractivity contribution in [3.05, 3.63) is 21.4 Å². The molecular formula is C11H14ClN5OS. The predicted octanol–water partition coefficient (Wildman–Crippen LogP) is 2.69. The van der Waals surface area contributed by atoms with Gasteiger partial charge in [-0.1, -0.05) is 6.92 Å². The van der Waals surface area contributed by atoms with Crippen LogP contribution in [0.4, 0.5) is 5.95 Å². The fraction of sp³-hybridized carbons (Fsp3) is 0.455. The molecule has 2 aromatic rings. The van der Waals surface area contributed by atoms with E-state index >= 15 is 0 Å². The van der Waals surface area contributed by atoms with Crippen molar-refractivity contribution in [1.29, 1.82) is 0 Å². The predicted molar refractivity (Wildman–Crippen MR) is 74.8 cm³/mol. The maximum absolute atomic E-state index is 5.82. The van der Waals surface area contributed by atoms with Crippen molar-refractivity contribution in [2.24, 2.45) is 0 Å². The van der Waals surface area contributed by atoms with Crippen LogP contribution in [0.2, 0.25) is 5.28 Å². The van der Waals surface area contributed by atoms with Gasteiger partial charge in [0.2, 0.25) is 11.2 Å². The van der Waals surface area contributed by atoms with E-state index in [4.69, 9.17) is 16.3 Å². The highest BCUT2D eigenvalue weighted by molar-refractivity contribution is 7.09. The summed E-state index contributed by atoms with van der Waals surface area (Å²) in [5.74, 6) is 0.388. The lowest BCUT2D eigenvalue weighted by atomic mass is 10.5. The fourth-order valence-electron chi connectivity index (χ4n) is 1.31. The van der Waals surface area contributed by atoms with Crippen molar-refractivity contribution in [3.63, 3.8) is 0 Å². The second-order valence-electron chi connectivity index (χ2n) is 3.80. The summed E-state index contributed by atoms with van der Waals surface area (Å²) in [6.45, 7) is 5.06. The Morgan fingerprint density at radius 3 is 2.84 bits per heavy atom. The van der Waals surface area contributed by atoms with E-state index < -0.39 is 0 Å². The summed E-state index contributed by atoms with van der Waals surface area (Å²) < 4.78 is 5.33. The van der Waals surface area contributed by atoms with E-state index in [-0.39, 0.29) is 11.3 Å². The van der Waals surface area contributed by atoms with Crippen molar-refractivity contribution in [2.45, 2.75) is 26.8 Å². The third-order valence-electron chi connectivity index (χ3n) is 2.09. The molecule has 2 aromatic heterocycles. The maximum Gasteiger partial charge on any atom is 0.322 e. The second kappa shape index (κ2) is 6.63. The van der Waals surface area contributed by atoms with E-state index in [0.29, 0.717) is 19.1 Å². The number of nitrogens with zero attached hydrogens (tertiary/aromatic N) is 4. The van der Waals surface area contributed by atoms with E-state index in [1.165, 1.54) is 0 Å². The van der Waals surface area contributed by atoms with E-state index in [1.807, 2.05) is 19.2 Å². The number of aryl methyl sites for hydroxylation is 1. The lowest BCUT2D eigenvalue weighted by molar-refractivity contribution is 0.291. The molecule has 0 spiro atoms. The third kappa shape index (κ3) is 4.29. The minimum Gasteiger partial charge on any atom is -0.463 e. The lowest BCUT2D eigenvalue weighted by Gasteiger charge is -2.06. The van der Waals surface area contributed by atoms with Crippen LogP contribution >= 0.6 is 22.9 Å². The molecule has 19 heavy (non-hydrogen) atoms. The van der Waals surface area contributed by atoms with Gasteiger partial charge in [0.25, 0.3) is 0 Å². The van der Waals surface area contributed by atoms with Gasteiger partial charge in [0.1, 0.15) is 5.01 Å². The van der Waals surface area contributed by atoms with Crippen LogP contribution in [0.1, 0.15) is 24.0 Å². The number of thiazole rings is 1. The average Bonchev–Trinajstić information content (AvgIpc) is 2.79. The minimum absolute atomic E-state index is 0.110. The molecule has 0 bridgehead atoms. The number of rotatable bonds is 6. The van der Waals surface area contributed by atoms with Gasteiger partial charge >= 0.3 is 6.01 Å². The van der Waals surface area contributed by atoms with Gasteiger partial charge in [-0.05, 0) is 24.9 Å². The Labute approximate surface area is 120 Å². The molecule has 1 N–H and O–H groups in total. The first-order chi connectivity index (χ1) is 9.17. The van der Waals surface area contributed by atoms with Crippen LogP contribution in [0, 0.1) is 6.92 Å². The Morgan fingerprint density at radius 2 is 2.16 bits per heavy atom. The highest BCUT2D eigenvalue weighted by Crippen LogP contribution is 2.14. The fourth-order valence-corrected chi connectivity index (χ4v) is 2.17. The minimum atomic E-state index is 0.110. The molecule has 2 rings (SSSR count). The third-order valence-corrected chi connectivity index (χ3v) is 3.22. The van der Waals surface area contributed by atoms with E-state index in [9.17, 15) is 0 Å². The molecule has 8 heteroatoms. The number of aromatic nitrogens is 4. The van der Waals surface area contributed by atoms with Gasteiger partial charge in [0.15, 0.2) is 0 Å². The van der Waals surface area contributed by atoms with Crippen molar-refractivity contribution >= 4 is 28.9 Å². The largest absolute Gasteiger partial charge is 0.463 e. The van der Waals surface area contributed by atoms with Gasteiger partial charge in [0.05, 0.1) is 13.2 Å². The van der Waals surface area contributed by atoms with Crippen LogP contribution in [0.15, 0.2) is 5.38 Å². The SMILES string of the molecule is CCCOc1nc(Cl)nc(NCc2nc(C)cs2)n1. The van der Waals surface area contributed by atoms with E-state index in [1.54, 1.807) is 11.3 Å². The molecule has 6 nitrogen and oxygen atoms in total. The Kier molecular flexibility index (Phi) is 4.86. The maximum atomic E-state index is 5.82. The van der Waals surface area contributed by atoms with Gasteiger partial charge in [-0.2, -0.15) is 15.0 Å². The zero-order valence-corrected chi connectivity index (χ0v) is 12.3. The summed E-state index contributed by atoms with van der Waals surface area (Å²) in [5, 5.41) is 6.12. The monoisotopic (exact) mass is 299 g/mol. The molecule has 0 saturated carbocycles. The lowest BCUT2D eigenvalue weighted by Crippen LogP contribution is -2.07. The Balaban J connectivity index is 2.01.